The van der Waals surface area contributed by atoms with Gasteiger partial charge in [-0.3, -0.25) is 4.98 Å². The van der Waals surface area contributed by atoms with Gasteiger partial charge in [-0.1, -0.05) is 0 Å². The minimum Gasteiger partial charge on any atom is -0.260 e. The summed E-state index contributed by atoms with van der Waals surface area (Å²) in [7, 11) is 0. The minimum atomic E-state index is 0. The molecule has 0 atom stereocenters. The van der Waals surface area contributed by atoms with Gasteiger partial charge in [0.1, 0.15) is 0 Å². The van der Waals surface area contributed by atoms with Crippen LogP contribution in [0.3, 0.4) is 0 Å². The molecule has 0 unspecified atom stereocenters. The van der Waals surface area contributed by atoms with Crippen LogP contribution in [0.4, 0.5) is 0 Å². The summed E-state index contributed by atoms with van der Waals surface area (Å²) in [6.07, 6.45) is 1.78. The van der Waals surface area contributed by atoms with Gasteiger partial charge in [-0.15, -0.1) is 17.0 Å². The second-order valence-electron chi connectivity index (χ2n) is 1.57. The lowest BCUT2D eigenvalue weighted by molar-refractivity contribution is 1.18. The van der Waals surface area contributed by atoms with Crippen molar-refractivity contribution in [2.75, 3.05) is 0 Å². The molecule has 0 saturated heterocycles. The van der Waals surface area contributed by atoms with E-state index >= 15 is 0 Å². The maximum atomic E-state index is 4.03. The second-order valence-corrected chi connectivity index (χ2v) is 2.42. The molecule has 0 aliphatic heterocycles. The molecule has 0 radical (unpaired) electrons. The Morgan fingerprint density at radius 1 is 1.56 bits per heavy atom. The van der Waals surface area contributed by atoms with Crippen LogP contribution in [0.25, 0.3) is 0 Å². The highest BCUT2D eigenvalue weighted by Crippen LogP contribution is 2.10. The first kappa shape index (κ1) is 9.11. The van der Waals surface area contributed by atoms with Crippen molar-refractivity contribution in [3.8, 4) is 0 Å². The molecule has 1 aromatic heterocycles. The predicted molar refractivity (Wildman–Crippen MR) is 47.0 cm³/mol. The minimum absolute atomic E-state index is 0. The molecule has 0 aliphatic carbocycles. The molecular weight excluding hydrogens is 246 g/mol. The van der Waals surface area contributed by atoms with Crippen molar-refractivity contribution in [3.63, 3.8) is 0 Å². The van der Waals surface area contributed by atoms with Gasteiger partial charge in [0, 0.05) is 10.7 Å². The summed E-state index contributed by atoms with van der Waals surface area (Å²) < 4.78 is 1.07. The molecule has 9 heavy (non-hydrogen) atoms. The summed E-state index contributed by atoms with van der Waals surface area (Å²) in [5.74, 6) is 0. The largest absolute Gasteiger partial charge is 0.260 e. The van der Waals surface area contributed by atoms with E-state index in [2.05, 4.69) is 20.9 Å². The van der Waals surface area contributed by atoms with E-state index in [1.165, 1.54) is 0 Å². The van der Waals surface area contributed by atoms with Crippen LogP contribution in [-0.2, 0) is 0 Å². The van der Waals surface area contributed by atoms with Gasteiger partial charge in [-0.05, 0) is 35.0 Å². The van der Waals surface area contributed by atoms with Gasteiger partial charge in [0.15, 0.2) is 0 Å². The fourth-order valence-corrected chi connectivity index (χ4v) is 0.720. The van der Waals surface area contributed by atoms with E-state index in [0.29, 0.717) is 0 Å². The summed E-state index contributed by atoms with van der Waals surface area (Å²) >= 11 is 3.33. The lowest BCUT2D eigenvalue weighted by Gasteiger charge is -1.90. The first-order valence-electron chi connectivity index (χ1n) is 2.38. The third-order valence-corrected chi connectivity index (χ3v) is 1.78. The Hall–Kier alpha value is 0.110. The molecule has 0 aromatic carbocycles. The Morgan fingerprint density at radius 2 is 2.22 bits per heavy atom. The van der Waals surface area contributed by atoms with Crippen LogP contribution in [-0.4, -0.2) is 4.98 Å². The Bertz CT molecular complexity index is 167. The van der Waals surface area contributed by atoms with Gasteiger partial charge < -0.3 is 0 Å². The number of hydrogen-bond acceptors (Lipinski definition) is 1. The van der Waals surface area contributed by atoms with Gasteiger partial charge >= 0.3 is 0 Å². The molecule has 1 nitrogen and oxygen atoms in total. The van der Waals surface area contributed by atoms with E-state index in [1.807, 2.05) is 19.1 Å². The third-order valence-electron chi connectivity index (χ3n) is 0.942. The summed E-state index contributed by atoms with van der Waals surface area (Å²) in [5.41, 5.74) is 1.03. The lowest BCUT2D eigenvalue weighted by Crippen LogP contribution is -1.77. The SMILES string of the molecule is Br.Cc1ncccc1Br. The molecule has 3 heteroatoms. The molecule has 1 heterocycles. The van der Waals surface area contributed by atoms with Gasteiger partial charge in [0.05, 0.1) is 5.69 Å². The van der Waals surface area contributed by atoms with Crippen LogP contribution in [0.5, 0.6) is 0 Å². The smallest absolute Gasteiger partial charge is 0.0514 e. The van der Waals surface area contributed by atoms with Gasteiger partial charge in [-0.25, -0.2) is 0 Å². The summed E-state index contributed by atoms with van der Waals surface area (Å²) in [5, 5.41) is 0. The van der Waals surface area contributed by atoms with Crippen LogP contribution < -0.4 is 0 Å². The van der Waals surface area contributed by atoms with Crippen LogP contribution in [0.1, 0.15) is 5.69 Å². The Kier molecular flexibility index (Phi) is 4.06. The van der Waals surface area contributed by atoms with E-state index in [4.69, 9.17) is 0 Å². The van der Waals surface area contributed by atoms with Crippen LogP contribution in [0, 0.1) is 6.92 Å². The highest BCUT2D eigenvalue weighted by molar-refractivity contribution is 9.10. The summed E-state index contributed by atoms with van der Waals surface area (Å²) in [6.45, 7) is 1.96. The van der Waals surface area contributed by atoms with Crippen LogP contribution in [0.15, 0.2) is 22.8 Å². The molecule has 1 aromatic rings. The Labute approximate surface area is 73.4 Å². The number of pyridine rings is 1. The molecule has 0 amide bonds. The van der Waals surface area contributed by atoms with Crippen molar-refractivity contribution >= 4 is 32.9 Å². The van der Waals surface area contributed by atoms with Crippen molar-refractivity contribution in [3.05, 3.63) is 28.5 Å². The highest BCUT2D eigenvalue weighted by Gasteiger charge is 1.87. The maximum absolute atomic E-state index is 4.03. The first-order valence-corrected chi connectivity index (χ1v) is 3.17. The molecule has 0 saturated carbocycles. The molecule has 50 valence electrons. The van der Waals surface area contributed by atoms with Gasteiger partial charge in [0.2, 0.25) is 0 Å². The second kappa shape index (κ2) is 4.01. The average Bonchev–Trinajstić information content (AvgIpc) is 1.77. The quantitative estimate of drug-likeness (QED) is 0.692. The van der Waals surface area contributed by atoms with E-state index in [-0.39, 0.29) is 17.0 Å². The lowest BCUT2D eigenvalue weighted by atomic mass is 10.4. The molecule has 0 bridgehead atoms. The molecule has 0 spiro atoms. The van der Waals surface area contributed by atoms with Crippen molar-refractivity contribution in [2.24, 2.45) is 0 Å². The third kappa shape index (κ3) is 2.45. The Balaban J connectivity index is 0.000000640. The predicted octanol–water partition coefficient (Wildman–Crippen LogP) is 2.73. The van der Waals surface area contributed by atoms with Crippen LogP contribution in [0.2, 0.25) is 0 Å². The fraction of sp³-hybridized carbons (Fsp3) is 0.167. The number of aryl methyl sites for hydroxylation is 1. The van der Waals surface area contributed by atoms with Crippen molar-refractivity contribution in [1.29, 1.82) is 0 Å². The molecule has 1 rings (SSSR count). The molecular formula is C6H7Br2N. The zero-order chi connectivity index (χ0) is 5.98. The van der Waals surface area contributed by atoms with E-state index < -0.39 is 0 Å². The number of halogens is 2. The number of aromatic nitrogens is 1. The summed E-state index contributed by atoms with van der Waals surface area (Å²) in [4.78, 5) is 4.03. The maximum Gasteiger partial charge on any atom is 0.0514 e. The molecule has 0 aliphatic rings. The van der Waals surface area contributed by atoms with Gasteiger partial charge in [-0.2, -0.15) is 0 Å². The standard InChI is InChI=1S/C6H6BrN.BrH/c1-5-6(7)3-2-4-8-5;/h2-4H,1H3;1H. The van der Waals surface area contributed by atoms with E-state index in [0.717, 1.165) is 10.2 Å². The fourth-order valence-electron chi connectivity index (χ4n) is 0.465. The van der Waals surface area contributed by atoms with Crippen LogP contribution >= 0.6 is 32.9 Å². The normalized spacial score (nSPS) is 8.22. The summed E-state index contributed by atoms with van der Waals surface area (Å²) in [6, 6.07) is 3.87. The topological polar surface area (TPSA) is 12.9 Å². The molecule has 0 N–H and O–H groups in total. The van der Waals surface area contributed by atoms with Crippen molar-refractivity contribution in [2.45, 2.75) is 6.92 Å². The monoisotopic (exact) mass is 251 g/mol. The van der Waals surface area contributed by atoms with Gasteiger partial charge in [0.25, 0.3) is 0 Å². The van der Waals surface area contributed by atoms with E-state index in [9.17, 15) is 0 Å². The number of nitrogens with zero attached hydrogens (tertiary/aromatic N) is 1. The molecule has 0 fully saturated rings. The first-order chi connectivity index (χ1) is 3.80. The zero-order valence-electron chi connectivity index (χ0n) is 4.97. The highest BCUT2D eigenvalue weighted by atomic mass is 79.9. The van der Waals surface area contributed by atoms with Crippen molar-refractivity contribution in [1.82, 2.24) is 4.98 Å². The average molecular weight is 253 g/mol. The Morgan fingerprint density at radius 3 is 2.56 bits per heavy atom. The number of rotatable bonds is 0. The van der Waals surface area contributed by atoms with E-state index in [1.54, 1.807) is 6.20 Å². The van der Waals surface area contributed by atoms with Crippen molar-refractivity contribution < 1.29 is 0 Å². The zero-order valence-corrected chi connectivity index (χ0v) is 8.26. The number of hydrogen-bond donors (Lipinski definition) is 0.